The van der Waals surface area contributed by atoms with E-state index in [-0.39, 0.29) is 18.3 Å². The fraction of sp³-hybridized carbons (Fsp3) is 0.333. The van der Waals surface area contributed by atoms with Gasteiger partial charge in [0, 0.05) is 24.8 Å². The first-order valence-corrected chi connectivity index (χ1v) is 7.32. The Morgan fingerprint density at radius 1 is 1.48 bits per heavy atom. The van der Waals surface area contributed by atoms with E-state index in [1.165, 1.54) is 7.11 Å². The van der Waals surface area contributed by atoms with E-state index < -0.39 is 5.97 Å². The molecule has 1 aromatic rings. The zero-order chi connectivity index (χ0) is 15.4. The van der Waals surface area contributed by atoms with Crippen molar-refractivity contribution < 1.29 is 19.4 Å². The number of benzene rings is 1. The minimum absolute atomic E-state index is 0.0111. The zero-order valence-electron chi connectivity index (χ0n) is 11.6. The van der Waals surface area contributed by atoms with Gasteiger partial charge in [0.1, 0.15) is 0 Å². The van der Waals surface area contributed by atoms with Gasteiger partial charge < -0.3 is 15.2 Å². The van der Waals surface area contributed by atoms with E-state index in [1.54, 1.807) is 24.3 Å². The van der Waals surface area contributed by atoms with Crippen LogP contribution >= 0.6 is 15.9 Å². The molecule has 2 N–H and O–H groups in total. The SMILES string of the molecule is COC(=O)c1cccc(NC2=CC(=O)CC(CO)C2)c1Br. The molecule has 1 aromatic carbocycles. The number of hydrogen-bond acceptors (Lipinski definition) is 5. The molecule has 0 aliphatic heterocycles. The summed E-state index contributed by atoms with van der Waals surface area (Å²) in [6.45, 7) is -0.0197. The van der Waals surface area contributed by atoms with Crippen LogP contribution in [0.25, 0.3) is 0 Å². The van der Waals surface area contributed by atoms with Crippen molar-refractivity contribution >= 4 is 33.4 Å². The molecule has 0 aromatic heterocycles. The maximum atomic E-state index is 11.6. The van der Waals surface area contributed by atoms with Crippen molar-refractivity contribution in [3.63, 3.8) is 0 Å². The fourth-order valence-electron chi connectivity index (χ4n) is 2.27. The van der Waals surface area contributed by atoms with Crippen molar-refractivity contribution in [1.82, 2.24) is 0 Å². The van der Waals surface area contributed by atoms with Crippen LogP contribution in [0, 0.1) is 5.92 Å². The van der Waals surface area contributed by atoms with Crippen LogP contribution in [-0.4, -0.2) is 30.6 Å². The van der Waals surface area contributed by atoms with Crippen LogP contribution < -0.4 is 5.32 Å². The van der Waals surface area contributed by atoms with Crippen molar-refractivity contribution in [2.24, 2.45) is 5.92 Å². The van der Waals surface area contributed by atoms with E-state index in [4.69, 9.17) is 4.74 Å². The van der Waals surface area contributed by atoms with Crippen molar-refractivity contribution in [2.45, 2.75) is 12.8 Å². The molecule has 6 heteroatoms. The van der Waals surface area contributed by atoms with Gasteiger partial charge >= 0.3 is 5.97 Å². The van der Waals surface area contributed by atoms with Gasteiger partial charge in [-0.25, -0.2) is 4.79 Å². The number of allylic oxidation sites excluding steroid dienone is 2. The van der Waals surface area contributed by atoms with Crippen LogP contribution in [0.3, 0.4) is 0 Å². The summed E-state index contributed by atoms with van der Waals surface area (Å²) in [5.41, 5.74) is 1.81. The average molecular weight is 354 g/mol. The molecule has 0 heterocycles. The van der Waals surface area contributed by atoms with Gasteiger partial charge in [0.15, 0.2) is 5.78 Å². The highest BCUT2D eigenvalue weighted by Crippen LogP contribution is 2.30. The highest BCUT2D eigenvalue weighted by Gasteiger charge is 2.21. The van der Waals surface area contributed by atoms with Crippen molar-refractivity contribution in [2.75, 3.05) is 19.0 Å². The van der Waals surface area contributed by atoms with Crippen LogP contribution in [0.2, 0.25) is 0 Å². The molecule has 0 radical (unpaired) electrons. The van der Waals surface area contributed by atoms with Crippen molar-refractivity contribution in [1.29, 1.82) is 0 Å². The van der Waals surface area contributed by atoms with E-state index in [9.17, 15) is 14.7 Å². The average Bonchev–Trinajstić information content (AvgIpc) is 2.48. The third-order valence-electron chi connectivity index (χ3n) is 3.29. The molecule has 1 unspecified atom stereocenters. The van der Waals surface area contributed by atoms with E-state index in [0.717, 1.165) is 5.70 Å². The summed E-state index contributed by atoms with van der Waals surface area (Å²) in [6, 6.07) is 5.18. The standard InChI is InChI=1S/C15H16BrNO4/c1-21-15(20)12-3-2-4-13(14(12)16)17-10-5-9(8-18)6-11(19)7-10/h2-4,7,9,17-18H,5-6,8H2,1H3. The molecule has 2 rings (SSSR count). The second-order valence-corrected chi connectivity index (χ2v) is 5.67. The Hall–Kier alpha value is -1.66. The molecule has 0 saturated heterocycles. The Labute approximate surface area is 131 Å². The number of halogens is 1. The summed E-state index contributed by atoms with van der Waals surface area (Å²) < 4.78 is 5.30. The number of esters is 1. The highest BCUT2D eigenvalue weighted by atomic mass is 79.9. The molecule has 1 atom stereocenters. The maximum absolute atomic E-state index is 11.6. The third kappa shape index (κ3) is 3.71. The minimum Gasteiger partial charge on any atom is -0.465 e. The number of ether oxygens (including phenoxy) is 1. The number of ketones is 1. The van der Waals surface area contributed by atoms with Gasteiger partial charge in [0.2, 0.25) is 0 Å². The lowest BCUT2D eigenvalue weighted by Crippen LogP contribution is -2.20. The largest absolute Gasteiger partial charge is 0.465 e. The Bertz CT molecular complexity index is 597. The summed E-state index contributed by atoms with van der Waals surface area (Å²) in [7, 11) is 1.32. The van der Waals surface area contributed by atoms with Crippen molar-refractivity contribution in [3.8, 4) is 0 Å². The Balaban J connectivity index is 2.24. The highest BCUT2D eigenvalue weighted by molar-refractivity contribution is 9.10. The number of carbonyl (C=O) groups is 2. The first kappa shape index (κ1) is 15.7. The maximum Gasteiger partial charge on any atom is 0.339 e. The molecule has 0 amide bonds. The predicted molar refractivity (Wildman–Crippen MR) is 82.0 cm³/mol. The normalized spacial score (nSPS) is 18.1. The summed E-state index contributed by atoms with van der Waals surface area (Å²) in [5.74, 6) is -0.511. The lowest BCUT2D eigenvalue weighted by molar-refractivity contribution is -0.116. The van der Waals surface area contributed by atoms with E-state index in [1.807, 2.05) is 0 Å². The predicted octanol–water partition coefficient (Wildman–Crippen LogP) is 2.50. The van der Waals surface area contributed by atoms with Gasteiger partial charge in [-0.05, 0) is 40.4 Å². The molecule has 1 aliphatic carbocycles. The fourth-order valence-corrected chi connectivity index (χ4v) is 2.79. The molecular formula is C15H16BrNO4. The molecule has 0 bridgehead atoms. The second kappa shape index (κ2) is 6.87. The molecule has 112 valence electrons. The van der Waals surface area contributed by atoms with Gasteiger partial charge in [0.05, 0.1) is 22.8 Å². The molecule has 0 spiro atoms. The van der Waals surface area contributed by atoms with Crippen LogP contribution in [0.15, 0.2) is 34.4 Å². The smallest absolute Gasteiger partial charge is 0.339 e. The number of anilines is 1. The second-order valence-electron chi connectivity index (χ2n) is 4.88. The number of aliphatic hydroxyl groups is 1. The lowest BCUT2D eigenvalue weighted by atomic mass is 9.92. The number of carbonyl (C=O) groups excluding carboxylic acids is 2. The number of methoxy groups -OCH3 is 1. The van der Waals surface area contributed by atoms with E-state index >= 15 is 0 Å². The summed E-state index contributed by atoms with van der Waals surface area (Å²) in [4.78, 5) is 23.3. The third-order valence-corrected chi connectivity index (χ3v) is 4.15. The number of nitrogens with one attached hydrogen (secondary N) is 1. The zero-order valence-corrected chi connectivity index (χ0v) is 13.1. The summed E-state index contributed by atoms with van der Waals surface area (Å²) >= 11 is 3.37. The minimum atomic E-state index is -0.438. The summed E-state index contributed by atoms with van der Waals surface area (Å²) in [5, 5.41) is 12.4. The van der Waals surface area contributed by atoms with Crippen molar-refractivity contribution in [3.05, 3.63) is 40.0 Å². The molecule has 0 saturated carbocycles. The molecular weight excluding hydrogens is 338 g/mol. The Morgan fingerprint density at radius 2 is 2.24 bits per heavy atom. The lowest BCUT2D eigenvalue weighted by Gasteiger charge is -2.22. The van der Waals surface area contributed by atoms with E-state index in [0.29, 0.717) is 28.6 Å². The first-order valence-electron chi connectivity index (χ1n) is 6.53. The molecule has 1 aliphatic rings. The number of aliphatic hydroxyl groups excluding tert-OH is 1. The summed E-state index contributed by atoms with van der Waals surface area (Å²) in [6.07, 6.45) is 2.51. The topological polar surface area (TPSA) is 75.6 Å². The number of hydrogen-bond donors (Lipinski definition) is 2. The van der Waals surface area contributed by atoms with Gasteiger partial charge in [0.25, 0.3) is 0 Å². The Morgan fingerprint density at radius 3 is 2.90 bits per heavy atom. The van der Waals surface area contributed by atoms with Gasteiger partial charge in [-0.3, -0.25) is 4.79 Å². The van der Waals surface area contributed by atoms with Crippen LogP contribution in [0.4, 0.5) is 5.69 Å². The van der Waals surface area contributed by atoms with Gasteiger partial charge in [-0.2, -0.15) is 0 Å². The van der Waals surface area contributed by atoms with Gasteiger partial charge in [-0.15, -0.1) is 0 Å². The molecule has 5 nitrogen and oxygen atoms in total. The van der Waals surface area contributed by atoms with Gasteiger partial charge in [-0.1, -0.05) is 6.07 Å². The van der Waals surface area contributed by atoms with Crippen LogP contribution in [0.5, 0.6) is 0 Å². The monoisotopic (exact) mass is 353 g/mol. The van der Waals surface area contributed by atoms with E-state index in [2.05, 4.69) is 21.2 Å². The van der Waals surface area contributed by atoms with Crippen LogP contribution in [0.1, 0.15) is 23.2 Å². The Kier molecular flexibility index (Phi) is 5.14. The molecule has 21 heavy (non-hydrogen) atoms. The first-order chi connectivity index (χ1) is 10.0. The number of rotatable bonds is 4. The molecule has 0 fully saturated rings. The van der Waals surface area contributed by atoms with Crippen LogP contribution in [-0.2, 0) is 9.53 Å². The quantitative estimate of drug-likeness (QED) is 0.813.